The van der Waals surface area contributed by atoms with E-state index in [1.165, 1.54) is 12.1 Å². The third kappa shape index (κ3) is 3.07. The molecule has 0 aliphatic rings. The maximum Gasteiger partial charge on any atom is 0.339 e. The highest BCUT2D eigenvalue weighted by Gasteiger charge is 2.22. The van der Waals surface area contributed by atoms with Crippen molar-refractivity contribution >= 4 is 5.97 Å². The maximum atomic E-state index is 13.7. The van der Waals surface area contributed by atoms with E-state index in [1.807, 2.05) is 13.8 Å². The summed E-state index contributed by atoms with van der Waals surface area (Å²) < 4.78 is 18.5. The molecular formula is C14H19FO3. The first-order valence-electron chi connectivity index (χ1n) is 6.03. The van der Waals surface area contributed by atoms with E-state index in [2.05, 4.69) is 0 Å². The van der Waals surface area contributed by atoms with Crippen LogP contribution in [0.15, 0.2) is 12.1 Å². The van der Waals surface area contributed by atoms with Gasteiger partial charge in [0.2, 0.25) is 0 Å². The summed E-state index contributed by atoms with van der Waals surface area (Å²) in [5.41, 5.74) is 1.43. The van der Waals surface area contributed by atoms with Crippen LogP contribution in [-0.4, -0.2) is 17.7 Å². The van der Waals surface area contributed by atoms with Gasteiger partial charge in [0, 0.05) is 0 Å². The summed E-state index contributed by atoms with van der Waals surface area (Å²) >= 11 is 0. The SMILES string of the molecule is CCOC(=O)C(O)c1cc(C(C)C)c(F)cc1C. The first-order chi connectivity index (χ1) is 8.38. The van der Waals surface area contributed by atoms with E-state index < -0.39 is 12.1 Å². The van der Waals surface area contributed by atoms with Crippen molar-refractivity contribution in [3.05, 3.63) is 34.6 Å². The van der Waals surface area contributed by atoms with Gasteiger partial charge in [0.25, 0.3) is 0 Å². The fourth-order valence-electron chi connectivity index (χ4n) is 1.79. The molecule has 0 heterocycles. The highest BCUT2D eigenvalue weighted by molar-refractivity contribution is 5.76. The van der Waals surface area contributed by atoms with E-state index >= 15 is 0 Å². The molecule has 3 nitrogen and oxygen atoms in total. The molecule has 0 saturated heterocycles. The third-order valence-corrected chi connectivity index (χ3v) is 2.81. The van der Waals surface area contributed by atoms with Crippen molar-refractivity contribution in [1.82, 2.24) is 0 Å². The molecule has 1 aromatic rings. The lowest BCUT2D eigenvalue weighted by atomic mass is 9.94. The van der Waals surface area contributed by atoms with Crippen LogP contribution in [0.1, 0.15) is 49.5 Å². The Morgan fingerprint density at radius 1 is 1.39 bits per heavy atom. The van der Waals surface area contributed by atoms with Gasteiger partial charge in [-0.15, -0.1) is 0 Å². The van der Waals surface area contributed by atoms with Gasteiger partial charge in [0.05, 0.1) is 6.61 Å². The number of carbonyl (C=O) groups is 1. The highest BCUT2D eigenvalue weighted by atomic mass is 19.1. The summed E-state index contributed by atoms with van der Waals surface area (Å²) in [6, 6.07) is 2.88. The molecule has 4 heteroatoms. The molecule has 1 unspecified atom stereocenters. The Labute approximate surface area is 107 Å². The van der Waals surface area contributed by atoms with Gasteiger partial charge in [0.15, 0.2) is 6.10 Å². The number of esters is 1. The van der Waals surface area contributed by atoms with Gasteiger partial charge in [-0.3, -0.25) is 0 Å². The Hall–Kier alpha value is -1.42. The standard InChI is InChI=1S/C14H19FO3/c1-5-18-14(17)13(16)11-7-10(8(2)3)12(15)6-9(11)4/h6-8,13,16H,5H2,1-4H3. The number of aryl methyl sites for hydroxylation is 1. The van der Waals surface area contributed by atoms with Gasteiger partial charge in [-0.1, -0.05) is 13.8 Å². The fraction of sp³-hybridized carbons (Fsp3) is 0.500. The Bertz CT molecular complexity index is 441. The highest BCUT2D eigenvalue weighted by Crippen LogP contribution is 2.26. The Morgan fingerprint density at radius 2 is 2.00 bits per heavy atom. The minimum Gasteiger partial charge on any atom is -0.464 e. The summed E-state index contributed by atoms with van der Waals surface area (Å²) in [5, 5.41) is 9.90. The van der Waals surface area contributed by atoms with Crippen LogP contribution in [0.5, 0.6) is 0 Å². The number of carbonyl (C=O) groups excluding carboxylic acids is 1. The molecule has 1 aromatic carbocycles. The molecule has 18 heavy (non-hydrogen) atoms. The van der Waals surface area contributed by atoms with Crippen LogP contribution in [0, 0.1) is 12.7 Å². The summed E-state index contributed by atoms with van der Waals surface area (Å²) in [4.78, 5) is 11.5. The zero-order valence-corrected chi connectivity index (χ0v) is 11.2. The monoisotopic (exact) mass is 254 g/mol. The molecule has 0 radical (unpaired) electrons. The Kier molecular flexibility index (Phi) is 4.84. The Morgan fingerprint density at radius 3 is 2.50 bits per heavy atom. The molecule has 0 bridgehead atoms. The molecule has 0 aromatic heterocycles. The number of ether oxygens (including phenoxy) is 1. The van der Waals surface area contributed by atoms with E-state index in [9.17, 15) is 14.3 Å². The summed E-state index contributed by atoms with van der Waals surface area (Å²) in [6.45, 7) is 7.24. The average molecular weight is 254 g/mol. The van der Waals surface area contributed by atoms with Crippen molar-refractivity contribution in [2.75, 3.05) is 6.61 Å². The third-order valence-electron chi connectivity index (χ3n) is 2.81. The van der Waals surface area contributed by atoms with Crippen LogP contribution in [0.2, 0.25) is 0 Å². The van der Waals surface area contributed by atoms with Gasteiger partial charge in [-0.25, -0.2) is 9.18 Å². The molecule has 0 aliphatic heterocycles. The lowest BCUT2D eigenvalue weighted by Crippen LogP contribution is -2.17. The number of halogens is 1. The largest absolute Gasteiger partial charge is 0.464 e. The van der Waals surface area contributed by atoms with Crippen molar-refractivity contribution in [2.24, 2.45) is 0 Å². The molecule has 0 spiro atoms. The van der Waals surface area contributed by atoms with Gasteiger partial charge < -0.3 is 9.84 Å². The van der Waals surface area contributed by atoms with E-state index in [4.69, 9.17) is 4.74 Å². The fourth-order valence-corrected chi connectivity index (χ4v) is 1.79. The predicted molar refractivity (Wildman–Crippen MR) is 66.8 cm³/mol. The first kappa shape index (κ1) is 14.6. The summed E-state index contributed by atoms with van der Waals surface area (Å²) in [7, 11) is 0. The summed E-state index contributed by atoms with van der Waals surface area (Å²) in [5.74, 6) is -1.04. The van der Waals surface area contributed by atoms with Crippen LogP contribution < -0.4 is 0 Å². The molecule has 1 rings (SSSR count). The molecule has 1 atom stereocenters. The second kappa shape index (κ2) is 5.96. The first-order valence-corrected chi connectivity index (χ1v) is 6.03. The molecule has 0 amide bonds. The van der Waals surface area contributed by atoms with Crippen molar-refractivity contribution in [3.63, 3.8) is 0 Å². The zero-order valence-electron chi connectivity index (χ0n) is 11.2. The lowest BCUT2D eigenvalue weighted by Gasteiger charge is -2.16. The molecule has 0 fully saturated rings. The van der Waals surface area contributed by atoms with Crippen molar-refractivity contribution < 1.29 is 19.0 Å². The maximum absolute atomic E-state index is 13.7. The van der Waals surface area contributed by atoms with Gasteiger partial charge in [-0.05, 0) is 48.6 Å². The van der Waals surface area contributed by atoms with Gasteiger partial charge in [-0.2, -0.15) is 0 Å². The normalized spacial score (nSPS) is 12.6. The van der Waals surface area contributed by atoms with E-state index in [1.54, 1.807) is 13.8 Å². The van der Waals surface area contributed by atoms with Crippen LogP contribution in [0.3, 0.4) is 0 Å². The number of aliphatic hydroxyl groups excluding tert-OH is 1. The average Bonchev–Trinajstić information content (AvgIpc) is 2.28. The van der Waals surface area contributed by atoms with E-state index in [-0.39, 0.29) is 18.3 Å². The predicted octanol–water partition coefficient (Wildman–Crippen LogP) is 2.85. The van der Waals surface area contributed by atoms with Crippen LogP contribution in [0.25, 0.3) is 0 Å². The quantitative estimate of drug-likeness (QED) is 0.840. The van der Waals surface area contributed by atoms with Crippen molar-refractivity contribution in [1.29, 1.82) is 0 Å². The molecule has 100 valence electrons. The van der Waals surface area contributed by atoms with Crippen molar-refractivity contribution in [2.45, 2.75) is 39.7 Å². The minimum atomic E-state index is -1.36. The van der Waals surface area contributed by atoms with Gasteiger partial charge >= 0.3 is 5.97 Å². The van der Waals surface area contributed by atoms with Crippen LogP contribution in [-0.2, 0) is 9.53 Å². The Balaban J connectivity index is 3.16. The number of hydrogen-bond donors (Lipinski definition) is 1. The number of benzene rings is 1. The second-order valence-electron chi connectivity index (χ2n) is 4.54. The topological polar surface area (TPSA) is 46.5 Å². The van der Waals surface area contributed by atoms with E-state index in [0.29, 0.717) is 16.7 Å². The second-order valence-corrected chi connectivity index (χ2v) is 4.54. The number of rotatable bonds is 4. The molecule has 1 N–H and O–H groups in total. The molecular weight excluding hydrogens is 235 g/mol. The van der Waals surface area contributed by atoms with Crippen LogP contribution in [0.4, 0.5) is 4.39 Å². The molecule has 0 aliphatic carbocycles. The number of hydrogen-bond acceptors (Lipinski definition) is 3. The zero-order chi connectivity index (χ0) is 13.9. The summed E-state index contributed by atoms with van der Waals surface area (Å²) in [6.07, 6.45) is -1.36. The smallest absolute Gasteiger partial charge is 0.339 e. The lowest BCUT2D eigenvalue weighted by molar-refractivity contribution is -0.153. The number of aliphatic hydroxyl groups is 1. The van der Waals surface area contributed by atoms with E-state index in [0.717, 1.165) is 0 Å². The molecule has 0 saturated carbocycles. The van der Waals surface area contributed by atoms with Gasteiger partial charge in [0.1, 0.15) is 5.82 Å². The van der Waals surface area contributed by atoms with Crippen LogP contribution >= 0.6 is 0 Å². The minimum absolute atomic E-state index is 0.0151. The van der Waals surface area contributed by atoms with Crippen molar-refractivity contribution in [3.8, 4) is 0 Å².